The van der Waals surface area contributed by atoms with Crippen LogP contribution in [0.15, 0.2) is 30.3 Å². The molecule has 3 atom stereocenters. The number of carbonyl (C=O) groups is 1. The topological polar surface area (TPSA) is 53.2 Å². The van der Waals surface area contributed by atoms with E-state index in [9.17, 15) is 9.18 Å². The number of hydrazine groups is 1. The Kier molecular flexibility index (Phi) is 6.73. The Bertz CT molecular complexity index is 620. The Labute approximate surface area is 147 Å². The smallest absolute Gasteiger partial charge is 0.262 e. The van der Waals surface area contributed by atoms with Crippen LogP contribution in [0.1, 0.15) is 38.7 Å². The van der Waals surface area contributed by atoms with E-state index in [1.54, 1.807) is 18.2 Å². The molecule has 0 unspecified atom stereocenters. The van der Waals surface area contributed by atoms with E-state index in [1.807, 2.05) is 0 Å². The second-order valence-electron chi connectivity index (χ2n) is 6.32. The number of nitrogens with one attached hydrogen (secondary N) is 3. The Morgan fingerprint density at radius 3 is 2.75 bits per heavy atom. The van der Waals surface area contributed by atoms with Crippen molar-refractivity contribution in [2.45, 2.75) is 39.2 Å². The van der Waals surface area contributed by atoms with E-state index >= 15 is 0 Å². The van der Waals surface area contributed by atoms with E-state index < -0.39 is 5.91 Å². The van der Waals surface area contributed by atoms with Crippen LogP contribution in [-0.4, -0.2) is 17.1 Å². The van der Waals surface area contributed by atoms with Gasteiger partial charge in [-0.2, -0.15) is 0 Å². The number of rotatable bonds is 3. The van der Waals surface area contributed by atoms with Crippen LogP contribution in [0.2, 0.25) is 0 Å². The molecule has 1 aromatic rings. The zero-order valence-electron chi connectivity index (χ0n) is 14.0. The molecule has 0 bridgehead atoms. The minimum atomic E-state index is -0.396. The molecule has 130 valence electrons. The summed E-state index contributed by atoms with van der Waals surface area (Å²) in [7, 11) is 0. The third-order valence-corrected chi connectivity index (χ3v) is 4.86. The van der Waals surface area contributed by atoms with Gasteiger partial charge < -0.3 is 5.32 Å². The van der Waals surface area contributed by atoms with Crippen molar-refractivity contribution in [1.29, 1.82) is 0 Å². The molecule has 0 aromatic heterocycles. The third kappa shape index (κ3) is 5.30. The number of thiocarbonyl (C=S) groups is 1. The van der Waals surface area contributed by atoms with Crippen LogP contribution < -0.4 is 16.2 Å². The summed E-state index contributed by atoms with van der Waals surface area (Å²) < 4.78 is 13.5. The van der Waals surface area contributed by atoms with Crippen molar-refractivity contribution in [2.24, 2.45) is 11.8 Å². The average molecular weight is 349 g/mol. The Balaban J connectivity index is 1.77. The Hall–Kier alpha value is -1.95. The van der Waals surface area contributed by atoms with Crippen LogP contribution in [0.3, 0.4) is 0 Å². The molecule has 1 aliphatic carbocycles. The molecule has 0 radical (unpaired) electrons. The van der Waals surface area contributed by atoms with Crippen molar-refractivity contribution >= 4 is 29.3 Å². The van der Waals surface area contributed by atoms with Gasteiger partial charge >= 0.3 is 0 Å². The molecule has 1 fully saturated rings. The molecule has 1 amide bonds. The van der Waals surface area contributed by atoms with Gasteiger partial charge in [0.2, 0.25) is 0 Å². The molecular weight excluding hydrogens is 325 g/mol. The number of halogens is 1. The highest BCUT2D eigenvalue weighted by Gasteiger charge is 2.27. The van der Waals surface area contributed by atoms with Crippen LogP contribution in [0.4, 0.5) is 4.39 Å². The van der Waals surface area contributed by atoms with E-state index in [-0.39, 0.29) is 5.82 Å². The summed E-state index contributed by atoms with van der Waals surface area (Å²) in [4.78, 5) is 11.8. The van der Waals surface area contributed by atoms with Crippen molar-refractivity contribution in [3.05, 3.63) is 41.7 Å². The van der Waals surface area contributed by atoms with Gasteiger partial charge in [-0.3, -0.25) is 15.6 Å². The third-order valence-electron chi connectivity index (χ3n) is 4.64. The molecule has 2 rings (SSSR count). The molecule has 0 spiro atoms. The van der Waals surface area contributed by atoms with Crippen molar-refractivity contribution in [3.8, 4) is 0 Å². The molecular formula is C18H24FN3OS. The van der Waals surface area contributed by atoms with Gasteiger partial charge in [0.1, 0.15) is 5.82 Å². The van der Waals surface area contributed by atoms with Gasteiger partial charge in [0, 0.05) is 17.7 Å². The molecule has 4 nitrogen and oxygen atoms in total. The fourth-order valence-electron chi connectivity index (χ4n) is 2.93. The van der Waals surface area contributed by atoms with E-state index in [2.05, 4.69) is 30.0 Å². The summed E-state index contributed by atoms with van der Waals surface area (Å²) in [5, 5.41) is 3.66. The van der Waals surface area contributed by atoms with E-state index in [4.69, 9.17) is 12.2 Å². The highest BCUT2D eigenvalue weighted by atomic mass is 32.1. The van der Waals surface area contributed by atoms with E-state index in [0.29, 0.717) is 28.6 Å². The number of amides is 1. The number of carbonyl (C=O) groups excluding carboxylic acids is 1. The lowest BCUT2D eigenvalue weighted by Gasteiger charge is -2.35. The lowest BCUT2D eigenvalue weighted by atomic mass is 9.78. The second kappa shape index (κ2) is 8.78. The molecule has 0 saturated heterocycles. The monoisotopic (exact) mass is 349 g/mol. The lowest BCUT2D eigenvalue weighted by Crippen LogP contribution is -2.52. The standard InChI is InChI=1S/C18H24FN3OS/c1-12-6-5-9-16(13(12)2)20-18(24)22-21-17(23)11-10-14-7-3-4-8-15(14)19/h3-4,7-8,10-13,16H,5-6,9H2,1-2H3,(H,21,23)(H2,20,22,24)/b11-10+/t12-,13+,16-/m0/s1. The Morgan fingerprint density at radius 2 is 2.00 bits per heavy atom. The molecule has 1 aliphatic rings. The quantitative estimate of drug-likeness (QED) is 0.446. The molecule has 24 heavy (non-hydrogen) atoms. The zero-order chi connectivity index (χ0) is 17.5. The summed E-state index contributed by atoms with van der Waals surface area (Å²) >= 11 is 5.22. The summed E-state index contributed by atoms with van der Waals surface area (Å²) in [6, 6.07) is 6.58. The predicted molar refractivity (Wildman–Crippen MR) is 98.4 cm³/mol. The number of hydrogen-bond donors (Lipinski definition) is 3. The van der Waals surface area contributed by atoms with Gasteiger partial charge in [-0.25, -0.2) is 4.39 Å². The van der Waals surface area contributed by atoms with Crippen molar-refractivity contribution < 1.29 is 9.18 Å². The van der Waals surface area contributed by atoms with Gasteiger partial charge in [-0.05, 0) is 42.6 Å². The van der Waals surface area contributed by atoms with E-state index in [1.165, 1.54) is 31.1 Å². The largest absolute Gasteiger partial charge is 0.358 e. The maximum absolute atomic E-state index is 13.5. The zero-order valence-corrected chi connectivity index (χ0v) is 14.8. The summed E-state index contributed by atoms with van der Waals surface area (Å²) in [6.07, 6.45) is 6.20. The lowest BCUT2D eigenvalue weighted by molar-refractivity contribution is -0.116. The minimum Gasteiger partial charge on any atom is -0.358 e. The maximum atomic E-state index is 13.5. The molecule has 6 heteroatoms. The average Bonchev–Trinajstić information content (AvgIpc) is 2.56. The van der Waals surface area contributed by atoms with Crippen LogP contribution in [0, 0.1) is 17.7 Å². The van der Waals surface area contributed by atoms with Crippen molar-refractivity contribution in [3.63, 3.8) is 0 Å². The highest BCUT2D eigenvalue weighted by molar-refractivity contribution is 7.80. The van der Waals surface area contributed by atoms with Gasteiger partial charge in [-0.1, -0.05) is 44.9 Å². The van der Waals surface area contributed by atoms with Gasteiger partial charge in [0.05, 0.1) is 0 Å². The van der Waals surface area contributed by atoms with Gasteiger partial charge in [0.25, 0.3) is 5.91 Å². The van der Waals surface area contributed by atoms with Gasteiger partial charge in [0.15, 0.2) is 5.11 Å². The van der Waals surface area contributed by atoms with Crippen LogP contribution in [0.25, 0.3) is 6.08 Å². The van der Waals surface area contributed by atoms with Crippen molar-refractivity contribution in [2.75, 3.05) is 0 Å². The number of hydrogen-bond acceptors (Lipinski definition) is 2. The first kappa shape index (κ1) is 18.4. The summed E-state index contributed by atoms with van der Waals surface area (Å²) in [6.45, 7) is 4.48. The molecule has 3 N–H and O–H groups in total. The van der Waals surface area contributed by atoms with E-state index in [0.717, 1.165) is 6.42 Å². The molecule has 0 heterocycles. The van der Waals surface area contributed by atoms with Gasteiger partial charge in [-0.15, -0.1) is 0 Å². The van der Waals surface area contributed by atoms with Crippen LogP contribution in [0.5, 0.6) is 0 Å². The molecule has 1 saturated carbocycles. The maximum Gasteiger partial charge on any atom is 0.262 e. The Morgan fingerprint density at radius 1 is 1.25 bits per heavy atom. The number of benzene rings is 1. The normalized spacial score (nSPS) is 23.7. The predicted octanol–water partition coefficient (Wildman–Crippen LogP) is 3.16. The fourth-order valence-corrected chi connectivity index (χ4v) is 3.13. The first-order valence-corrected chi connectivity index (χ1v) is 8.67. The van der Waals surface area contributed by atoms with Crippen LogP contribution >= 0.6 is 12.2 Å². The summed E-state index contributed by atoms with van der Waals surface area (Å²) in [5.74, 6) is 0.437. The molecule has 1 aromatic carbocycles. The van der Waals surface area contributed by atoms with Crippen LogP contribution in [-0.2, 0) is 4.79 Å². The highest BCUT2D eigenvalue weighted by Crippen LogP contribution is 2.29. The minimum absolute atomic E-state index is 0.319. The second-order valence-corrected chi connectivity index (χ2v) is 6.72. The fraction of sp³-hybridized carbons (Fsp3) is 0.444. The first-order valence-electron chi connectivity index (χ1n) is 8.26. The SMILES string of the molecule is C[C@H]1[C@@H](NC(=S)NNC(=O)/C=C/c2ccccc2F)CCC[C@@H]1C. The summed E-state index contributed by atoms with van der Waals surface area (Å²) in [5.41, 5.74) is 5.54. The first-order chi connectivity index (χ1) is 11.5. The van der Waals surface area contributed by atoms with Crippen molar-refractivity contribution in [1.82, 2.24) is 16.2 Å². The molecule has 0 aliphatic heterocycles.